The minimum Gasteiger partial charge on any atom is -0.278 e. The van der Waals surface area contributed by atoms with E-state index < -0.39 is 8.07 Å². The van der Waals surface area contributed by atoms with E-state index in [2.05, 4.69) is 205 Å². The molecule has 0 fully saturated rings. The molecule has 0 aliphatic heterocycles. The molecule has 264 valence electrons. The fraction of sp³-hybridized carbons (Fsp3) is 0. The quantitative estimate of drug-likeness (QED) is 0.116. The fourth-order valence-electron chi connectivity index (χ4n) is 8.26. The molecule has 0 bridgehead atoms. The molecule has 5 heteroatoms. The van der Waals surface area contributed by atoms with Crippen LogP contribution in [-0.2, 0) is 0 Å². The largest absolute Gasteiger partial charge is 0.278 e. The Morgan fingerprint density at radius 3 is 1.38 bits per heavy atom. The molecule has 8 aromatic carbocycles. The van der Waals surface area contributed by atoms with Crippen LogP contribution >= 0.6 is 0 Å². The molecule has 0 aliphatic carbocycles. The lowest BCUT2D eigenvalue weighted by Crippen LogP contribution is -2.74. The molecule has 2 aromatic heterocycles. The lowest BCUT2D eigenvalue weighted by molar-refractivity contribution is 0.953. The molecule has 0 aliphatic rings. The lowest BCUT2D eigenvalue weighted by Gasteiger charge is -2.34. The summed E-state index contributed by atoms with van der Waals surface area (Å²) in [5, 5.41) is 7.50. The van der Waals surface area contributed by atoms with Crippen molar-refractivity contribution in [1.29, 1.82) is 0 Å². The maximum absolute atomic E-state index is 5.35. The highest BCUT2D eigenvalue weighted by atomic mass is 28.3. The lowest BCUT2D eigenvalue weighted by atomic mass is 10.0. The van der Waals surface area contributed by atoms with Gasteiger partial charge in [0, 0.05) is 21.9 Å². The molecule has 4 nitrogen and oxygen atoms in total. The van der Waals surface area contributed by atoms with Crippen LogP contribution in [0.15, 0.2) is 218 Å². The highest BCUT2D eigenvalue weighted by Gasteiger charge is 2.41. The van der Waals surface area contributed by atoms with Crippen LogP contribution < -0.4 is 20.7 Å². The average Bonchev–Trinajstić information content (AvgIpc) is 3.62. The van der Waals surface area contributed by atoms with Gasteiger partial charge in [-0.05, 0) is 50.1 Å². The summed E-state index contributed by atoms with van der Waals surface area (Å²) >= 11 is 0. The molecule has 0 radical (unpaired) electrons. The first kappa shape index (κ1) is 33.4. The number of rotatable bonds is 8. The van der Waals surface area contributed by atoms with Crippen molar-refractivity contribution in [3.63, 3.8) is 0 Å². The van der Waals surface area contributed by atoms with Gasteiger partial charge in [-0.25, -0.2) is 4.98 Å². The van der Waals surface area contributed by atoms with Gasteiger partial charge in [0.25, 0.3) is 0 Å². The SMILES string of the molecule is c1ccc(-c2ccc3c(c2)c2ccccc2n3-c2nc(-c3ccccc3)nc(-c3cccc([Si](c4ccccc4)(c4ccccc4)c4ccccc4)c3)n2)cc1. The highest BCUT2D eigenvalue weighted by Crippen LogP contribution is 2.35. The second-order valence-corrected chi connectivity index (χ2v) is 17.8. The van der Waals surface area contributed by atoms with Gasteiger partial charge in [-0.3, -0.25) is 4.57 Å². The van der Waals surface area contributed by atoms with E-state index >= 15 is 0 Å². The number of fused-ring (bicyclic) bond motifs is 3. The first-order chi connectivity index (χ1) is 27.8. The van der Waals surface area contributed by atoms with Crippen molar-refractivity contribution in [3.8, 4) is 39.9 Å². The topological polar surface area (TPSA) is 43.6 Å². The molecule has 2 heterocycles. The third-order valence-electron chi connectivity index (χ3n) is 10.8. The normalized spacial score (nSPS) is 11.6. The van der Waals surface area contributed by atoms with Gasteiger partial charge >= 0.3 is 0 Å². The minimum absolute atomic E-state index is 0.579. The van der Waals surface area contributed by atoms with E-state index in [1.54, 1.807) is 0 Å². The molecule has 10 aromatic rings. The minimum atomic E-state index is -2.79. The molecular formula is C51H36N4Si. The zero-order valence-electron chi connectivity index (χ0n) is 30.6. The monoisotopic (exact) mass is 732 g/mol. The Kier molecular flexibility index (Phi) is 8.47. The molecular weight excluding hydrogens is 697 g/mol. The van der Waals surface area contributed by atoms with E-state index in [-0.39, 0.29) is 0 Å². The molecule has 56 heavy (non-hydrogen) atoms. The van der Waals surface area contributed by atoms with Crippen LogP contribution in [0.3, 0.4) is 0 Å². The Hall–Kier alpha value is -7.21. The second-order valence-electron chi connectivity index (χ2n) is 14.0. The van der Waals surface area contributed by atoms with E-state index in [0.717, 1.165) is 32.9 Å². The Morgan fingerprint density at radius 2 is 0.768 bits per heavy atom. The van der Waals surface area contributed by atoms with E-state index in [9.17, 15) is 0 Å². The van der Waals surface area contributed by atoms with Crippen molar-refractivity contribution in [1.82, 2.24) is 19.5 Å². The van der Waals surface area contributed by atoms with Crippen LogP contribution in [0.4, 0.5) is 0 Å². The van der Waals surface area contributed by atoms with Crippen molar-refractivity contribution in [2.24, 2.45) is 0 Å². The number of benzene rings is 8. The summed E-state index contributed by atoms with van der Waals surface area (Å²) in [6.07, 6.45) is 0. The van der Waals surface area contributed by atoms with Crippen LogP contribution in [0.25, 0.3) is 61.7 Å². The van der Waals surface area contributed by atoms with Gasteiger partial charge in [0.2, 0.25) is 5.95 Å². The van der Waals surface area contributed by atoms with Gasteiger partial charge in [0.15, 0.2) is 19.7 Å². The van der Waals surface area contributed by atoms with Crippen LogP contribution in [0, 0.1) is 0 Å². The highest BCUT2D eigenvalue weighted by molar-refractivity contribution is 7.19. The number of hydrogen-bond donors (Lipinski definition) is 0. The van der Waals surface area contributed by atoms with Crippen LogP contribution in [0.1, 0.15) is 0 Å². The van der Waals surface area contributed by atoms with Gasteiger partial charge < -0.3 is 0 Å². The summed E-state index contributed by atoms with van der Waals surface area (Å²) in [7, 11) is -2.79. The molecule has 10 rings (SSSR count). The second kappa shape index (κ2) is 14.2. The summed E-state index contributed by atoms with van der Waals surface area (Å²) in [5.41, 5.74) is 6.31. The van der Waals surface area contributed by atoms with Crippen molar-refractivity contribution in [3.05, 3.63) is 218 Å². The van der Waals surface area contributed by atoms with E-state index in [1.165, 1.54) is 31.9 Å². The molecule has 0 saturated heterocycles. The van der Waals surface area contributed by atoms with Gasteiger partial charge in [-0.1, -0.05) is 200 Å². The molecule has 0 unspecified atom stereocenters. The zero-order valence-corrected chi connectivity index (χ0v) is 31.6. The van der Waals surface area contributed by atoms with Crippen LogP contribution in [-0.4, -0.2) is 27.6 Å². The number of nitrogens with zero attached hydrogens (tertiary/aromatic N) is 4. The first-order valence-corrected chi connectivity index (χ1v) is 21.0. The smallest absolute Gasteiger partial charge is 0.238 e. The zero-order chi connectivity index (χ0) is 37.3. The van der Waals surface area contributed by atoms with E-state index in [4.69, 9.17) is 15.0 Å². The summed E-state index contributed by atoms with van der Waals surface area (Å²) in [4.78, 5) is 15.8. The van der Waals surface area contributed by atoms with Crippen LogP contribution in [0.2, 0.25) is 0 Å². The van der Waals surface area contributed by atoms with Crippen molar-refractivity contribution >= 4 is 50.6 Å². The third-order valence-corrected chi connectivity index (χ3v) is 15.6. The predicted octanol–water partition coefficient (Wildman–Crippen LogP) is 9.35. The average molecular weight is 733 g/mol. The summed E-state index contributed by atoms with van der Waals surface area (Å²) in [6.45, 7) is 0. The Balaban J connectivity index is 1.22. The summed E-state index contributed by atoms with van der Waals surface area (Å²) in [6, 6.07) is 77.9. The Labute approximate surface area is 327 Å². The molecule has 0 saturated carbocycles. The number of para-hydroxylation sites is 1. The molecule has 0 atom stereocenters. The van der Waals surface area contributed by atoms with Crippen LogP contribution in [0.5, 0.6) is 0 Å². The van der Waals surface area contributed by atoms with E-state index in [1.807, 2.05) is 18.2 Å². The Morgan fingerprint density at radius 1 is 0.304 bits per heavy atom. The summed E-state index contributed by atoms with van der Waals surface area (Å²) in [5.74, 6) is 1.83. The van der Waals surface area contributed by atoms with Crippen molar-refractivity contribution in [2.45, 2.75) is 0 Å². The molecule has 0 N–H and O–H groups in total. The Bertz CT molecular complexity index is 2850. The predicted molar refractivity (Wildman–Crippen MR) is 234 cm³/mol. The third kappa shape index (κ3) is 5.73. The van der Waals surface area contributed by atoms with Gasteiger partial charge in [0.05, 0.1) is 11.0 Å². The van der Waals surface area contributed by atoms with Gasteiger partial charge in [-0.2, -0.15) is 9.97 Å². The summed E-state index contributed by atoms with van der Waals surface area (Å²) < 4.78 is 2.19. The van der Waals surface area contributed by atoms with Crippen molar-refractivity contribution < 1.29 is 0 Å². The first-order valence-electron chi connectivity index (χ1n) is 19.0. The standard InChI is InChI=1S/C51H36N4Si/c1-6-19-37(20-7-1)39-33-34-48-46(36-39)45-31-16-17-32-47(45)55(48)51-53-49(38-21-8-2-9-22-38)52-50(54-51)40-23-18-30-44(35-40)56(41-24-10-3-11-25-41,42-26-12-4-13-27-42)43-28-14-5-15-29-43/h1-36H. The van der Waals surface area contributed by atoms with Gasteiger partial charge in [-0.15, -0.1) is 0 Å². The molecule has 0 spiro atoms. The fourth-order valence-corrected chi connectivity index (χ4v) is 13.1. The maximum atomic E-state index is 5.35. The maximum Gasteiger partial charge on any atom is 0.238 e. The number of aromatic nitrogens is 4. The van der Waals surface area contributed by atoms with Crippen molar-refractivity contribution in [2.75, 3.05) is 0 Å². The van der Waals surface area contributed by atoms with E-state index in [0.29, 0.717) is 17.6 Å². The van der Waals surface area contributed by atoms with Gasteiger partial charge in [0.1, 0.15) is 0 Å². The molecule has 0 amide bonds. The number of hydrogen-bond acceptors (Lipinski definition) is 3.